The van der Waals surface area contributed by atoms with Gasteiger partial charge >= 0.3 is 0 Å². The molecule has 0 heterocycles. The quantitative estimate of drug-likeness (QED) is 0.803. The fourth-order valence-electron chi connectivity index (χ4n) is 5.03. The molecule has 0 aliphatic heterocycles. The first kappa shape index (κ1) is 16.5. The molecule has 2 aliphatic rings. The first-order valence-electron chi connectivity index (χ1n) is 8.78. The largest absolute Gasteiger partial charge is 0.512 e. The second-order valence-electron chi connectivity index (χ2n) is 6.80. The topological polar surface area (TPSA) is 38.7 Å². The molecule has 1 saturated carbocycles. The molecule has 1 N–H and O–H groups in total. The van der Waals surface area contributed by atoms with Crippen molar-refractivity contribution in [1.82, 2.24) is 0 Å². The number of aliphatic hydroxyl groups is 1. The summed E-state index contributed by atoms with van der Waals surface area (Å²) in [4.78, 5) is 0. The van der Waals surface area contributed by atoms with Crippen LogP contribution in [-0.4, -0.2) is 24.1 Å². The van der Waals surface area contributed by atoms with Crippen LogP contribution in [0.4, 0.5) is 0 Å². The zero-order valence-electron chi connectivity index (χ0n) is 14.6. The van der Waals surface area contributed by atoms with Gasteiger partial charge in [0.2, 0.25) is 0 Å². The van der Waals surface area contributed by atoms with Gasteiger partial charge in [-0.05, 0) is 43.7 Å². The van der Waals surface area contributed by atoms with E-state index in [0.717, 1.165) is 5.57 Å². The van der Waals surface area contributed by atoms with Crippen molar-refractivity contribution in [3.8, 4) is 0 Å². The molecular formula is C20H28O3. The van der Waals surface area contributed by atoms with Crippen molar-refractivity contribution in [3.63, 3.8) is 0 Å². The molecule has 3 heteroatoms. The third-order valence-corrected chi connectivity index (χ3v) is 5.74. The number of ether oxygens (including phenoxy) is 2. The Balaban J connectivity index is 2.11. The van der Waals surface area contributed by atoms with Crippen LogP contribution in [0, 0.1) is 17.8 Å². The predicted molar refractivity (Wildman–Crippen MR) is 91.3 cm³/mol. The van der Waals surface area contributed by atoms with E-state index in [1.54, 1.807) is 0 Å². The monoisotopic (exact) mass is 316 g/mol. The van der Waals surface area contributed by atoms with Crippen LogP contribution in [0.5, 0.6) is 0 Å². The van der Waals surface area contributed by atoms with Gasteiger partial charge in [-0.25, -0.2) is 0 Å². The fraction of sp³-hybridized carbons (Fsp3) is 0.600. The molecule has 0 amide bonds. The van der Waals surface area contributed by atoms with Gasteiger partial charge in [0.1, 0.15) is 0 Å². The molecule has 23 heavy (non-hydrogen) atoms. The predicted octanol–water partition coefficient (Wildman–Crippen LogP) is 4.66. The van der Waals surface area contributed by atoms with Gasteiger partial charge in [-0.2, -0.15) is 0 Å². The SMILES string of the molecule is CCOC1(OCC)C2CC(O)=C(C)C1C(C)C2c1ccccc1. The fourth-order valence-corrected chi connectivity index (χ4v) is 5.03. The minimum atomic E-state index is -0.611. The van der Waals surface area contributed by atoms with Crippen LogP contribution in [0.15, 0.2) is 41.7 Å². The minimum Gasteiger partial charge on any atom is -0.512 e. The molecular weight excluding hydrogens is 288 g/mol. The summed E-state index contributed by atoms with van der Waals surface area (Å²) in [7, 11) is 0. The average molecular weight is 316 g/mol. The maximum absolute atomic E-state index is 10.5. The summed E-state index contributed by atoms with van der Waals surface area (Å²) < 4.78 is 12.5. The molecule has 3 nitrogen and oxygen atoms in total. The van der Waals surface area contributed by atoms with Gasteiger partial charge in [0, 0.05) is 31.5 Å². The van der Waals surface area contributed by atoms with Crippen LogP contribution in [-0.2, 0) is 9.47 Å². The van der Waals surface area contributed by atoms with E-state index < -0.39 is 5.79 Å². The lowest BCUT2D eigenvalue weighted by molar-refractivity contribution is -0.277. The molecule has 4 unspecified atom stereocenters. The lowest BCUT2D eigenvalue weighted by Gasteiger charge is -2.44. The van der Waals surface area contributed by atoms with Crippen molar-refractivity contribution in [2.24, 2.45) is 17.8 Å². The number of benzene rings is 1. The van der Waals surface area contributed by atoms with Crippen LogP contribution in [0.3, 0.4) is 0 Å². The van der Waals surface area contributed by atoms with Crippen molar-refractivity contribution in [2.75, 3.05) is 13.2 Å². The number of rotatable bonds is 5. The first-order chi connectivity index (χ1) is 11.1. The summed E-state index contributed by atoms with van der Waals surface area (Å²) in [6.07, 6.45) is 0.631. The molecule has 3 rings (SSSR count). The minimum absolute atomic E-state index is 0.103. The van der Waals surface area contributed by atoms with E-state index in [0.29, 0.717) is 37.2 Å². The van der Waals surface area contributed by atoms with Crippen molar-refractivity contribution in [3.05, 3.63) is 47.2 Å². The maximum atomic E-state index is 10.5. The maximum Gasteiger partial charge on any atom is 0.178 e. The summed E-state index contributed by atoms with van der Waals surface area (Å²) in [5, 5.41) is 10.5. The van der Waals surface area contributed by atoms with Gasteiger partial charge in [-0.15, -0.1) is 0 Å². The van der Waals surface area contributed by atoms with Crippen LogP contribution >= 0.6 is 0 Å². The highest BCUT2D eigenvalue weighted by Crippen LogP contribution is 2.62. The van der Waals surface area contributed by atoms with Crippen molar-refractivity contribution < 1.29 is 14.6 Å². The van der Waals surface area contributed by atoms with Crippen molar-refractivity contribution >= 4 is 0 Å². The highest BCUT2D eigenvalue weighted by atomic mass is 16.7. The van der Waals surface area contributed by atoms with Gasteiger partial charge in [0.15, 0.2) is 5.79 Å². The van der Waals surface area contributed by atoms with E-state index in [9.17, 15) is 5.11 Å². The Morgan fingerprint density at radius 3 is 2.30 bits per heavy atom. The Morgan fingerprint density at radius 2 is 1.74 bits per heavy atom. The number of allylic oxidation sites excluding steroid dienone is 1. The second kappa shape index (κ2) is 6.29. The Morgan fingerprint density at radius 1 is 1.13 bits per heavy atom. The van der Waals surface area contributed by atoms with Crippen LogP contribution in [0.2, 0.25) is 0 Å². The standard InChI is InChI=1S/C20H28O3/c1-5-22-20(23-6-2)16-12-17(21)13(3)19(20)14(4)18(16)15-10-8-7-9-11-15/h7-11,14,16,18-19,21H,5-6,12H2,1-4H3. The van der Waals surface area contributed by atoms with E-state index in [2.05, 4.69) is 37.3 Å². The average Bonchev–Trinajstić information content (AvgIpc) is 2.70. The summed E-state index contributed by atoms with van der Waals surface area (Å²) in [6, 6.07) is 10.6. The zero-order chi connectivity index (χ0) is 16.6. The molecule has 0 saturated heterocycles. The summed E-state index contributed by atoms with van der Waals surface area (Å²) in [5.74, 6) is 0.865. The Hall–Kier alpha value is -1.32. The molecule has 126 valence electrons. The van der Waals surface area contributed by atoms with Gasteiger partial charge in [-0.3, -0.25) is 0 Å². The van der Waals surface area contributed by atoms with Crippen LogP contribution < -0.4 is 0 Å². The lowest BCUT2D eigenvalue weighted by Crippen LogP contribution is -2.49. The number of aliphatic hydroxyl groups excluding tert-OH is 1. The Kier molecular flexibility index (Phi) is 4.52. The third-order valence-electron chi connectivity index (χ3n) is 5.74. The van der Waals surface area contributed by atoms with E-state index >= 15 is 0 Å². The Labute approximate surface area is 139 Å². The normalized spacial score (nSPS) is 32.3. The molecule has 0 spiro atoms. The molecule has 1 aromatic rings. The van der Waals surface area contributed by atoms with Gasteiger partial charge in [0.05, 0.1) is 5.76 Å². The lowest BCUT2D eigenvalue weighted by atomic mass is 9.79. The molecule has 4 atom stereocenters. The summed E-state index contributed by atoms with van der Waals surface area (Å²) in [5.41, 5.74) is 2.35. The second-order valence-corrected chi connectivity index (χ2v) is 6.80. The van der Waals surface area contributed by atoms with E-state index in [4.69, 9.17) is 9.47 Å². The van der Waals surface area contributed by atoms with Crippen molar-refractivity contribution in [1.29, 1.82) is 0 Å². The van der Waals surface area contributed by atoms with Crippen LogP contribution in [0.25, 0.3) is 0 Å². The summed E-state index contributed by atoms with van der Waals surface area (Å²) >= 11 is 0. The van der Waals surface area contributed by atoms with Gasteiger partial charge in [0.25, 0.3) is 0 Å². The molecule has 1 fully saturated rings. The molecule has 0 aromatic heterocycles. The molecule has 0 radical (unpaired) electrons. The van der Waals surface area contributed by atoms with Crippen molar-refractivity contribution in [2.45, 2.75) is 45.8 Å². The molecule has 2 aliphatic carbocycles. The smallest absolute Gasteiger partial charge is 0.178 e. The highest BCUT2D eigenvalue weighted by Gasteiger charge is 2.64. The summed E-state index contributed by atoms with van der Waals surface area (Å²) in [6.45, 7) is 9.60. The zero-order valence-corrected chi connectivity index (χ0v) is 14.6. The number of hydrogen-bond acceptors (Lipinski definition) is 3. The molecule has 1 aromatic carbocycles. The highest BCUT2D eigenvalue weighted by molar-refractivity contribution is 5.33. The Bertz CT molecular complexity index is 572. The van der Waals surface area contributed by atoms with Gasteiger partial charge in [-0.1, -0.05) is 37.3 Å². The third kappa shape index (κ3) is 2.41. The van der Waals surface area contributed by atoms with E-state index in [-0.39, 0.29) is 11.8 Å². The number of hydrogen-bond donors (Lipinski definition) is 1. The first-order valence-corrected chi connectivity index (χ1v) is 8.78. The van der Waals surface area contributed by atoms with Gasteiger partial charge < -0.3 is 14.6 Å². The number of fused-ring (bicyclic) bond motifs is 2. The van der Waals surface area contributed by atoms with Crippen LogP contribution in [0.1, 0.15) is 45.6 Å². The van der Waals surface area contributed by atoms with E-state index in [1.807, 2.05) is 20.8 Å². The van der Waals surface area contributed by atoms with E-state index in [1.165, 1.54) is 5.56 Å². The molecule has 2 bridgehead atoms.